The third-order valence-electron chi connectivity index (χ3n) is 19.2. The van der Waals surface area contributed by atoms with E-state index in [0.717, 1.165) is 33.9 Å². The van der Waals surface area contributed by atoms with Crippen LogP contribution in [-0.4, -0.2) is 25.8 Å². The van der Waals surface area contributed by atoms with Crippen LogP contribution in [-0.2, 0) is 21.7 Å². The zero-order valence-corrected chi connectivity index (χ0v) is 49.2. The Hall–Kier alpha value is -6.72. The Labute approximate surface area is 470 Å². The molecule has 0 bridgehead atoms. The van der Waals surface area contributed by atoms with Crippen LogP contribution < -0.4 is 16.4 Å². The SMILES string of the molecule is CC(C)(C)c1cc(C(C)(C)C)c2c3cc(C4CCCCC4)cc4c3n(c2c1)-c1cc(-c2cc(-c3ccccc3)nc(-c3ccccc3)n2)cc2c1B4c1cc(C3CCCCC3)cc3c4c(C(C)(C)C)cc(C(C)(C)C)cc4n-2c13. The van der Waals surface area contributed by atoms with Crippen molar-refractivity contribution < 1.29 is 0 Å². The number of hydrogen-bond donors (Lipinski definition) is 0. The lowest BCUT2D eigenvalue weighted by Gasteiger charge is -2.35. The van der Waals surface area contributed by atoms with Gasteiger partial charge in [-0.1, -0.05) is 207 Å². The second-order valence-electron chi connectivity index (χ2n) is 28.7. The summed E-state index contributed by atoms with van der Waals surface area (Å²) in [7, 11) is 0. The monoisotopic (exact) mass is 1030 g/mol. The summed E-state index contributed by atoms with van der Waals surface area (Å²) < 4.78 is 5.54. The van der Waals surface area contributed by atoms with Gasteiger partial charge in [0.1, 0.15) is 0 Å². The van der Waals surface area contributed by atoms with Crippen LogP contribution in [0.15, 0.2) is 127 Å². The maximum atomic E-state index is 5.63. The Morgan fingerprint density at radius 3 is 1.25 bits per heavy atom. The van der Waals surface area contributed by atoms with Crippen LogP contribution in [0.25, 0.3) is 88.9 Å². The van der Waals surface area contributed by atoms with Gasteiger partial charge in [0, 0.05) is 60.6 Å². The highest BCUT2D eigenvalue weighted by atomic mass is 15.0. The average molecular weight is 1040 g/mol. The van der Waals surface area contributed by atoms with Gasteiger partial charge < -0.3 is 9.13 Å². The van der Waals surface area contributed by atoms with E-state index in [-0.39, 0.29) is 28.4 Å². The first kappa shape index (κ1) is 50.5. The molecule has 5 heterocycles. The summed E-state index contributed by atoms with van der Waals surface area (Å²) in [5, 5.41) is 5.68. The van der Waals surface area contributed by atoms with Gasteiger partial charge >= 0.3 is 0 Å². The molecule has 4 nitrogen and oxygen atoms in total. The van der Waals surface area contributed by atoms with Crippen LogP contribution in [0.5, 0.6) is 0 Å². The highest BCUT2D eigenvalue weighted by molar-refractivity contribution is 7.00. The summed E-state index contributed by atoms with van der Waals surface area (Å²) in [6.45, 7) is 29.1. The number of hydrogen-bond acceptors (Lipinski definition) is 2. The van der Waals surface area contributed by atoms with Gasteiger partial charge in [-0.25, -0.2) is 9.97 Å². The molecule has 79 heavy (non-hydrogen) atoms. The second kappa shape index (κ2) is 17.9. The van der Waals surface area contributed by atoms with Crippen molar-refractivity contribution in [2.45, 2.75) is 181 Å². The van der Waals surface area contributed by atoms with E-state index in [1.807, 2.05) is 0 Å². The van der Waals surface area contributed by atoms with Crippen molar-refractivity contribution in [3.63, 3.8) is 0 Å². The molecule has 5 heteroatoms. The lowest BCUT2D eigenvalue weighted by atomic mass is 9.34. The van der Waals surface area contributed by atoms with Gasteiger partial charge in [-0.15, -0.1) is 0 Å². The highest BCUT2D eigenvalue weighted by Crippen LogP contribution is 2.49. The Morgan fingerprint density at radius 1 is 0.418 bits per heavy atom. The van der Waals surface area contributed by atoms with E-state index in [0.29, 0.717) is 11.8 Å². The van der Waals surface area contributed by atoms with Crippen LogP contribution in [0, 0.1) is 0 Å². The molecule has 2 saturated carbocycles. The fourth-order valence-corrected chi connectivity index (χ4v) is 15.0. The van der Waals surface area contributed by atoms with Crippen LogP contribution in [0.1, 0.15) is 193 Å². The Kier molecular flexibility index (Phi) is 11.4. The maximum absolute atomic E-state index is 5.63. The minimum absolute atomic E-state index is 0.0234. The second-order valence-corrected chi connectivity index (χ2v) is 28.7. The highest BCUT2D eigenvalue weighted by Gasteiger charge is 2.44. The van der Waals surface area contributed by atoms with Crippen molar-refractivity contribution in [2.24, 2.45) is 0 Å². The fraction of sp³-hybridized carbons (Fsp3) is 0.378. The topological polar surface area (TPSA) is 35.6 Å². The third-order valence-corrected chi connectivity index (χ3v) is 19.2. The molecule has 0 N–H and O–H groups in total. The largest absolute Gasteiger partial charge is 0.310 e. The Morgan fingerprint density at radius 2 is 0.835 bits per heavy atom. The predicted octanol–water partition coefficient (Wildman–Crippen LogP) is 18.1. The summed E-state index contributed by atoms with van der Waals surface area (Å²) in [6.07, 6.45) is 12.9. The van der Waals surface area contributed by atoms with E-state index in [4.69, 9.17) is 9.97 Å². The Bertz CT molecular complexity index is 3850. The van der Waals surface area contributed by atoms with Gasteiger partial charge in [0.05, 0.1) is 22.4 Å². The van der Waals surface area contributed by atoms with Gasteiger partial charge in [-0.2, -0.15) is 0 Å². The lowest BCUT2D eigenvalue weighted by molar-refractivity contribution is 0.444. The molecule has 2 aliphatic carbocycles. The van der Waals surface area contributed by atoms with Crippen LogP contribution in [0.3, 0.4) is 0 Å². The molecule has 14 rings (SSSR count). The van der Waals surface area contributed by atoms with E-state index in [9.17, 15) is 0 Å². The summed E-state index contributed by atoms with van der Waals surface area (Å²) in [4.78, 5) is 11.0. The molecule has 398 valence electrons. The lowest BCUT2D eigenvalue weighted by Crippen LogP contribution is -2.59. The van der Waals surface area contributed by atoms with E-state index in [1.54, 1.807) is 11.1 Å². The zero-order valence-electron chi connectivity index (χ0n) is 49.2. The van der Waals surface area contributed by atoms with Crippen molar-refractivity contribution in [1.29, 1.82) is 0 Å². The van der Waals surface area contributed by atoms with Gasteiger partial charge in [-0.3, -0.25) is 0 Å². The summed E-state index contributed by atoms with van der Waals surface area (Å²) in [6, 6.07) is 49.9. The molecule has 2 aliphatic heterocycles. The molecule has 10 aromatic rings. The molecule has 0 spiro atoms. The maximum Gasteiger partial charge on any atom is 0.252 e. The number of benzene rings is 7. The fourth-order valence-electron chi connectivity index (χ4n) is 15.0. The van der Waals surface area contributed by atoms with E-state index in [2.05, 4.69) is 220 Å². The average Bonchev–Trinajstić information content (AvgIpc) is 3.49. The van der Waals surface area contributed by atoms with Crippen molar-refractivity contribution in [3.05, 3.63) is 161 Å². The van der Waals surface area contributed by atoms with Gasteiger partial charge in [0.2, 0.25) is 0 Å². The first-order valence-corrected chi connectivity index (χ1v) is 30.2. The third kappa shape index (κ3) is 8.12. The molecule has 0 radical (unpaired) electrons. The zero-order chi connectivity index (χ0) is 54.7. The summed E-state index contributed by atoms with van der Waals surface area (Å²) in [5.41, 5.74) is 25.8. The molecule has 2 fully saturated rings. The smallest absolute Gasteiger partial charge is 0.252 e. The number of fused-ring (bicyclic) bond motifs is 10. The van der Waals surface area contributed by atoms with Crippen molar-refractivity contribution >= 4 is 66.7 Å². The van der Waals surface area contributed by atoms with Crippen molar-refractivity contribution in [2.75, 3.05) is 0 Å². The van der Waals surface area contributed by atoms with E-state index < -0.39 is 0 Å². The van der Waals surface area contributed by atoms with Crippen LogP contribution >= 0.6 is 0 Å². The van der Waals surface area contributed by atoms with E-state index in [1.165, 1.54) is 158 Å². The van der Waals surface area contributed by atoms with Crippen LogP contribution in [0.2, 0.25) is 0 Å². The number of rotatable bonds is 5. The molecule has 0 atom stereocenters. The molecule has 7 aromatic carbocycles. The standard InChI is InChI=1S/C74H79BN4/c1-71(2,3)51-39-55(73(7,8)9)65-53-33-48(44-25-17-13-18-26-44)35-57-68(53)78(61(65)41-51)63-37-50(60-43-59(46-29-21-15-22-30-46)76-70(77-60)47-31-23-16-24-32-47)38-64-67(63)75(57)58-36-49(45-27-19-14-20-28-45)34-54-66-56(74(10,11)12)40-52(72(4,5)6)42-62(66)79(64)69(54)58/h15-16,21-24,29-45H,13-14,17-20,25-28H2,1-12H3. The quantitative estimate of drug-likeness (QED) is 0.161. The minimum atomic E-state index is -0.104. The minimum Gasteiger partial charge on any atom is -0.310 e. The van der Waals surface area contributed by atoms with Gasteiger partial charge in [0.15, 0.2) is 5.82 Å². The molecular weight excluding hydrogens is 956 g/mol. The first-order chi connectivity index (χ1) is 37.7. The number of aromatic nitrogens is 4. The molecule has 0 unspecified atom stereocenters. The molecule has 0 saturated heterocycles. The Balaban J connectivity index is 1.21. The van der Waals surface area contributed by atoms with Gasteiger partial charge in [-0.05, 0) is 151 Å². The first-order valence-electron chi connectivity index (χ1n) is 30.2. The van der Waals surface area contributed by atoms with Gasteiger partial charge in [0.25, 0.3) is 6.71 Å². The molecule has 0 amide bonds. The summed E-state index contributed by atoms with van der Waals surface area (Å²) >= 11 is 0. The normalized spacial score (nSPS) is 16.2. The molecule has 4 aliphatic rings. The number of nitrogens with zero attached hydrogens (tertiary/aromatic N) is 4. The van der Waals surface area contributed by atoms with E-state index >= 15 is 0 Å². The predicted molar refractivity (Wildman–Crippen MR) is 338 cm³/mol. The molecular formula is C74H79BN4. The van der Waals surface area contributed by atoms with Crippen molar-refractivity contribution in [1.82, 2.24) is 19.1 Å². The molecule has 3 aromatic heterocycles. The van der Waals surface area contributed by atoms with Crippen LogP contribution in [0.4, 0.5) is 0 Å². The summed E-state index contributed by atoms with van der Waals surface area (Å²) in [5.74, 6) is 1.83. The van der Waals surface area contributed by atoms with Crippen molar-refractivity contribution in [3.8, 4) is 45.3 Å².